The fraction of sp³-hybridized carbons (Fsp3) is 0.625. The fourth-order valence-electron chi connectivity index (χ4n) is 3.57. The van der Waals surface area contributed by atoms with Crippen molar-refractivity contribution in [2.24, 2.45) is 5.41 Å². The number of Topliss-reactive ketones (excluding diaryl/α,β-unsaturated/α-hetero) is 1. The number of hydrogen-bond donors (Lipinski definition) is 0. The number of benzene rings is 1. The van der Waals surface area contributed by atoms with E-state index in [-0.39, 0.29) is 6.61 Å². The van der Waals surface area contributed by atoms with E-state index in [4.69, 9.17) is 4.74 Å². The maximum Gasteiger partial charge on any atom is 0.329 e. The smallest absolute Gasteiger partial charge is 0.329 e. The van der Waals surface area contributed by atoms with Gasteiger partial charge in [-0.15, -0.1) is 11.8 Å². The van der Waals surface area contributed by atoms with Gasteiger partial charge in [-0.05, 0) is 51.8 Å². The second-order valence-electron chi connectivity index (χ2n) is 9.10. The number of aryl methyl sites for hydroxylation is 1. The summed E-state index contributed by atoms with van der Waals surface area (Å²) in [5.41, 5.74) is 1.50. The SMILES string of the molecule is CCN(CCOC(=O)[C@@H]1CSC(C)(C)N1C(=O)C(=O)C(C)(C)CC)c1cccc(C)c1. The summed E-state index contributed by atoms with van der Waals surface area (Å²) in [5, 5.41) is 0. The van der Waals surface area contributed by atoms with Crippen LogP contribution < -0.4 is 4.90 Å². The first-order chi connectivity index (χ1) is 14.4. The topological polar surface area (TPSA) is 66.9 Å². The van der Waals surface area contributed by atoms with Crippen molar-refractivity contribution in [3.63, 3.8) is 0 Å². The van der Waals surface area contributed by atoms with Crippen molar-refractivity contribution in [1.29, 1.82) is 0 Å². The normalized spacial score (nSPS) is 18.0. The molecule has 0 unspecified atom stereocenters. The van der Waals surface area contributed by atoms with Crippen LogP contribution in [0.5, 0.6) is 0 Å². The highest BCUT2D eigenvalue weighted by Crippen LogP contribution is 2.40. The number of hydrogen-bond acceptors (Lipinski definition) is 6. The number of likely N-dealkylation sites (N-methyl/N-ethyl adjacent to an activating group) is 1. The van der Waals surface area contributed by atoms with E-state index in [2.05, 4.69) is 17.9 Å². The third-order valence-electron chi connectivity index (χ3n) is 6.02. The Morgan fingerprint density at radius 3 is 2.52 bits per heavy atom. The minimum atomic E-state index is -0.760. The van der Waals surface area contributed by atoms with E-state index in [0.29, 0.717) is 18.7 Å². The molecule has 1 saturated heterocycles. The number of ketones is 1. The van der Waals surface area contributed by atoms with Crippen LogP contribution in [0.15, 0.2) is 24.3 Å². The third-order valence-corrected chi connectivity index (χ3v) is 7.41. The highest BCUT2D eigenvalue weighted by Gasteiger charge is 2.50. The lowest BCUT2D eigenvalue weighted by atomic mass is 9.84. The standard InChI is InChI=1S/C24H36N2O4S/c1-8-23(4,5)20(27)21(28)26-19(16-31-24(26,6)7)22(29)30-14-13-25(9-2)18-12-10-11-17(3)15-18/h10-12,15,19H,8-9,13-14,16H2,1-7H3/t19-/m0/s1. The molecule has 0 bridgehead atoms. The fourth-order valence-corrected chi connectivity index (χ4v) is 4.77. The number of nitrogens with zero attached hydrogens (tertiary/aromatic N) is 2. The van der Waals surface area contributed by atoms with Crippen LogP contribution in [0, 0.1) is 12.3 Å². The predicted molar refractivity (Wildman–Crippen MR) is 126 cm³/mol. The molecule has 7 heteroatoms. The molecule has 1 fully saturated rings. The summed E-state index contributed by atoms with van der Waals surface area (Å²) in [6.07, 6.45) is 0.555. The highest BCUT2D eigenvalue weighted by atomic mass is 32.2. The second kappa shape index (κ2) is 10.1. The zero-order chi connectivity index (χ0) is 23.4. The molecule has 0 aliphatic carbocycles. The van der Waals surface area contributed by atoms with Crippen LogP contribution in [0.1, 0.15) is 53.5 Å². The van der Waals surface area contributed by atoms with Crippen LogP contribution in [0.4, 0.5) is 5.69 Å². The van der Waals surface area contributed by atoms with Gasteiger partial charge < -0.3 is 14.5 Å². The summed E-state index contributed by atoms with van der Waals surface area (Å²) in [5.74, 6) is -1.08. The van der Waals surface area contributed by atoms with Gasteiger partial charge in [0, 0.05) is 23.4 Å². The van der Waals surface area contributed by atoms with Gasteiger partial charge in [0.15, 0.2) is 0 Å². The largest absolute Gasteiger partial charge is 0.462 e. The highest BCUT2D eigenvalue weighted by molar-refractivity contribution is 8.00. The first-order valence-electron chi connectivity index (χ1n) is 10.9. The van der Waals surface area contributed by atoms with Gasteiger partial charge in [-0.2, -0.15) is 0 Å². The Labute approximate surface area is 190 Å². The molecule has 1 aromatic rings. The lowest BCUT2D eigenvalue weighted by molar-refractivity contribution is -0.159. The summed E-state index contributed by atoms with van der Waals surface area (Å²) in [4.78, 5) is 41.7. The van der Waals surface area contributed by atoms with Crippen molar-refractivity contribution < 1.29 is 19.1 Å². The van der Waals surface area contributed by atoms with Crippen LogP contribution >= 0.6 is 11.8 Å². The van der Waals surface area contributed by atoms with Crippen LogP contribution in [0.2, 0.25) is 0 Å². The van der Waals surface area contributed by atoms with Gasteiger partial charge >= 0.3 is 5.97 Å². The van der Waals surface area contributed by atoms with Crippen LogP contribution in [-0.4, -0.2) is 58.9 Å². The first-order valence-corrected chi connectivity index (χ1v) is 11.9. The van der Waals surface area contributed by atoms with Crippen LogP contribution in [0.25, 0.3) is 0 Å². The van der Waals surface area contributed by atoms with Crippen molar-refractivity contribution in [3.8, 4) is 0 Å². The molecule has 1 aliphatic heterocycles. The molecule has 6 nitrogen and oxygen atoms in total. The molecule has 0 radical (unpaired) electrons. The maximum atomic E-state index is 13.1. The molecular formula is C24H36N2O4S. The first kappa shape index (κ1) is 25.2. The Morgan fingerprint density at radius 1 is 1.26 bits per heavy atom. The lowest BCUT2D eigenvalue weighted by Crippen LogP contribution is -2.54. The molecule has 0 saturated carbocycles. The van der Waals surface area contributed by atoms with E-state index in [9.17, 15) is 14.4 Å². The van der Waals surface area contributed by atoms with E-state index in [1.807, 2.05) is 45.9 Å². The van der Waals surface area contributed by atoms with E-state index >= 15 is 0 Å². The number of anilines is 1. The van der Waals surface area contributed by atoms with E-state index < -0.39 is 34.0 Å². The average molecular weight is 449 g/mol. The number of thioether (sulfide) groups is 1. The predicted octanol–water partition coefficient (Wildman–Crippen LogP) is 4.05. The van der Waals surface area contributed by atoms with Crippen LogP contribution in [0.3, 0.4) is 0 Å². The summed E-state index contributed by atoms with van der Waals surface area (Å²) in [6, 6.07) is 7.44. The van der Waals surface area contributed by atoms with Gasteiger partial charge in [-0.3, -0.25) is 9.59 Å². The molecule has 1 atom stereocenters. The minimum Gasteiger partial charge on any atom is -0.462 e. The summed E-state index contributed by atoms with van der Waals surface area (Å²) >= 11 is 1.49. The quantitative estimate of drug-likeness (QED) is 0.419. The zero-order valence-corrected chi connectivity index (χ0v) is 20.7. The molecular weight excluding hydrogens is 412 g/mol. The van der Waals surface area contributed by atoms with Gasteiger partial charge in [0.2, 0.25) is 5.78 Å². The number of carbonyl (C=O) groups excluding carboxylic acids is 3. The van der Waals surface area contributed by atoms with E-state index in [0.717, 1.165) is 12.2 Å². The molecule has 1 amide bonds. The Morgan fingerprint density at radius 2 is 1.94 bits per heavy atom. The number of ether oxygens (including phenoxy) is 1. The number of rotatable bonds is 9. The van der Waals surface area contributed by atoms with Crippen molar-refractivity contribution >= 4 is 35.1 Å². The number of esters is 1. The molecule has 1 aliphatic rings. The van der Waals surface area contributed by atoms with Gasteiger partial charge in [0.1, 0.15) is 12.6 Å². The second-order valence-corrected chi connectivity index (χ2v) is 10.7. The van der Waals surface area contributed by atoms with Gasteiger partial charge in [-0.1, -0.05) is 32.9 Å². The van der Waals surface area contributed by atoms with Crippen molar-refractivity contribution in [3.05, 3.63) is 29.8 Å². The van der Waals surface area contributed by atoms with Gasteiger partial charge in [-0.25, -0.2) is 4.79 Å². The lowest BCUT2D eigenvalue weighted by Gasteiger charge is -2.35. The molecule has 1 aromatic carbocycles. The molecule has 0 spiro atoms. The Balaban J connectivity index is 2.06. The Bertz CT molecular complexity index is 822. The maximum absolute atomic E-state index is 13.1. The monoisotopic (exact) mass is 448 g/mol. The average Bonchev–Trinajstić information content (AvgIpc) is 3.04. The number of amides is 1. The van der Waals surface area contributed by atoms with Gasteiger partial charge in [0.25, 0.3) is 5.91 Å². The Hall–Kier alpha value is -2.02. The van der Waals surface area contributed by atoms with Crippen LogP contribution in [-0.2, 0) is 19.1 Å². The van der Waals surface area contributed by atoms with Crippen molar-refractivity contribution in [2.45, 2.75) is 65.8 Å². The molecule has 2 rings (SSSR count). The molecule has 0 aromatic heterocycles. The molecule has 0 N–H and O–H groups in total. The summed E-state index contributed by atoms with van der Waals surface area (Å²) in [7, 11) is 0. The summed E-state index contributed by atoms with van der Waals surface area (Å²) in [6.45, 7) is 14.8. The third kappa shape index (κ3) is 5.82. The van der Waals surface area contributed by atoms with E-state index in [1.54, 1.807) is 13.8 Å². The summed E-state index contributed by atoms with van der Waals surface area (Å²) < 4.78 is 5.58. The molecule has 172 valence electrons. The van der Waals surface area contributed by atoms with Crippen molar-refractivity contribution in [2.75, 3.05) is 30.3 Å². The van der Waals surface area contributed by atoms with Gasteiger partial charge in [0.05, 0.1) is 11.4 Å². The molecule has 31 heavy (non-hydrogen) atoms. The number of carbonyl (C=O) groups is 3. The van der Waals surface area contributed by atoms with E-state index in [1.165, 1.54) is 22.2 Å². The Kier molecular flexibility index (Phi) is 8.20. The minimum absolute atomic E-state index is 0.221. The van der Waals surface area contributed by atoms with Crippen molar-refractivity contribution in [1.82, 2.24) is 4.90 Å². The molecule has 1 heterocycles. The zero-order valence-electron chi connectivity index (χ0n) is 19.9.